The van der Waals surface area contributed by atoms with Crippen LogP contribution in [0.25, 0.3) is 6.08 Å². The third-order valence-electron chi connectivity index (χ3n) is 4.85. The summed E-state index contributed by atoms with van der Waals surface area (Å²) in [6.45, 7) is 5.41. The smallest absolute Gasteiger partial charge is 0.386 e. The highest BCUT2D eigenvalue weighted by Crippen LogP contribution is 2.39. The molecule has 0 fully saturated rings. The maximum absolute atomic E-state index is 11.9. The maximum Gasteiger partial charge on any atom is 0.386 e. The van der Waals surface area contributed by atoms with E-state index in [0.29, 0.717) is 17.5 Å². The minimum atomic E-state index is -0.953. The summed E-state index contributed by atoms with van der Waals surface area (Å²) in [7, 11) is 0. The van der Waals surface area contributed by atoms with Crippen LogP contribution in [0.15, 0.2) is 60.7 Å². The fourth-order valence-electron chi connectivity index (χ4n) is 2.91. The summed E-state index contributed by atoms with van der Waals surface area (Å²) in [5.41, 5.74) is 0.622. The summed E-state index contributed by atoms with van der Waals surface area (Å²) in [5, 5.41) is 21.1. The third-order valence-corrected chi connectivity index (χ3v) is 4.85. The van der Waals surface area contributed by atoms with Crippen LogP contribution in [0, 0.1) is 5.41 Å². The van der Waals surface area contributed by atoms with Crippen LogP contribution in [-0.2, 0) is 14.6 Å². The molecule has 29 heavy (non-hydrogen) atoms. The van der Waals surface area contributed by atoms with Gasteiger partial charge in [0.25, 0.3) is 0 Å². The molecule has 154 valence electrons. The second-order valence-corrected chi connectivity index (χ2v) is 7.25. The van der Waals surface area contributed by atoms with Gasteiger partial charge in [-0.25, -0.2) is 19.4 Å². The lowest BCUT2D eigenvalue weighted by Crippen LogP contribution is -2.35. The summed E-state index contributed by atoms with van der Waals surface area (Å²) >= 11 is 0. The number of rotatable bonds is 7. The molecular weight excluding hydrogens is 372 g/mol. The van der Waals surface area contributed by atoms with E-state index in [1.807, 2.05) is 6.92 Å². The molecule has 0 spiro atoms. The van der Waals surface area contributed by atoms with Gasteiger partial charge in [0, 0.05) is 11.5 Å². The lowest BCUT2D eigenvalue weighted by atomic mass is 9.76. The predicted octanol–water partition coefficient (Wildman–Crippen LogP) is 3.85. The van der Waals surface area contributed by atoms with Crippen LogP contribution in [-0.4, -0.2) is 28.3 Å². The average Bonchev–Trinajstić information content (AvgIpc) is 2.75. The fraction of sp³-hybridized carbons (Fsp3) is 0.304. The largest absolute Gasteiger partial charge is 0.392 e. The van der Waals surface area contributed by atoms with E-state index in [0.717, 1.165) is 6.08 Å². The highest BCUT2D eigenvalue weighted by molar-refractivity contribution is 5.91. The van der Waals surface area contributed by atoms with Crippen LogP contribution in [0.4, 0.5) is 0 Å². The highest BCUT2D eigenvalue weighted by atomic mass is 17.2. The Hall–Kier alpha value is -2.96. The van der Waals surface area contributed by atoms with E-state index in [-0.39, 0.29) is 5.56 Å². The fourth-order valence-corrected chi connectivity index (χ4v) is 2.91. The van der Waals surface area contributed by atoms with Gasteiger partial charge >= 0.3 is 11.9 Å². The number of carbonyl (C=O) groups excluding carboxylic acids is 2. The molecule has 6 nitrogen and oxygen atoms in total. The first-order valence-corrected chi connectivity index (χ1v) is 9.38. The molecule has 2 N–H and O–H groups in total. The Morgan fingerprint density at radius 3 is 2.28 bits per heavy atom. The Balaban J connectivity index is 2.07. The van der Waals surface area contributed by atoms with Gasteiger partial charge in [-0.2, -0.15) is 0 Å². The molecule has 0 aromatic heterocycles. The SMILES string of the molecule is CCC(O)C(C)(C)C(O)c1ccccc1/C=C/C(=O)OOC(=O)c1ccccc1. The molecule has 2 aromatic rings. The van der Waals surface area contributed by atoms with Crippen molar-refractivity contribution in [3.05, 3.63) is 77.4 Å². The van der Waals surface area contributed by atoms with E-state index in [1.54, 1.807) is 56.3 Å². The van der Waals surface area contributed by atoms with Crippen LogP contribution < -0.4 is 0 Å². The molecule has 0 radical (unpaired) electrons. The Morgan fingerprint density at radius 1 is 1.00 bits per heavy atom. The summed E-state index contributed by atoms with van der Waals surface area (Å²) in [5.74, 6) is -1.65. The van der Waals surface area contributed by atoms with Crippen molar-refractivity contribution in [3.8, 4) is 0 Å². The molecule has 2 unspecified atom stereocenters. The predicted molar refractivity (Wildman–Crippen MR) is 108 cm³/mol. The zero-order chi connectivity index (χ0) is 21.4. The summed E-state index contributed by atoms with van der Waals surface area (Å²) in [6.07, 6.45) is 1.42. The van der Waals surface area contributed by atoms with Crippen LogP contribution >= 0.6 is 0 Å². The monoisotopic (exact) mass is 398 g/mol. The molecule has 2 atom stereocenters. The number of hydrogen-bond acceptors (Lipinski definition) is 6. The van der Waals surface area contributed by atoms with Gasteiger partial charge in [-0.3, -0.25) is 0 Å². The van der Waals surface area contributed by atoms with Gasteiger partial charge in [-0.1, -0.05) is 63.2 Å². The molecule has 0 saturated heterocycles. The van der Waals surface area contributed by atoms with Gasteiger partial charge in [-0.15, -0.1) is 0 Å². The highest BCUT2D eigenvalue weighted by Gasteiger charge is 2.36. The lowest BCUT2D eigenvalue weighted by molar-refractivity contribution is -0.228. The second kappa shape index (κ2) is 10.0. The minimum absolute atomic E-state index is 0.259. The summed E-state index contributed by atoms with van der Waals surface area (Å²) in [6, 6.07) is 15.1. The van der Waals surface area contributed by atoms with Crippen molar-refractivity contribution in [1.29, 1.82) is 0 Å². The minimum Gasteiger partial charge on any atom is -0.392 e. The van der Waals surface area contributed by atoms with Crippen LogP contribution in [0.2, 0.25) is 0 Å². The van der Waals surface area contributed by atoms with Crippen molar-refractivity contribution in [1.82, 2.24) is 0 Å². The molecule has 2 aromatic carbocycles. The zero-order valence-electron chi connectivity index (χ0n) is 16.7. The quantitative estimate of drug-likeness (QED) is 0.418. The molecule has 0 aliphatic carbocycles. The van der Waals surface area contributed by atoms with Crippen LogP contribution in [0.5, 0.6) is 0 Å². The van der Waals surface area contributed by atoms with Gasteiger partial charge in [0.2, 0.25) is 0 Å². The molecule has 0 bridgehead atoms. The van der Waals surface area contributed by atoms with Crippen molar-refractivity contribution in [2.45, 2.75) is 39.4 Å². The first-order valence-electron chi connectivity index (χ1n) is 9.38. The van der Waals surface area contributed by atoms with Crippen LogP contribution in [0.3, 0.4) is 0 Å². The van der Waals surface area contributed by atoms with E-state index in [4.69, 9.17) is 0 Å². The summed E-state index contributed by atoms with van der Waals surface area (Å²) < 4.78 is 0. The first kappa shape index (κ1) is 22.3. The van der Waals surface area contributed by atoms with E-state index >= 15 is 0 Å². The normalized spacial score (nSPS) is 13.7. The molecule has 6 heteroatoms. The van der Waals surface area contributed by atoms with E-state index in [9.17, 15) is 19.8 Å². The van der Waals surface area contributed by atoms with Gasteiger partial charge in [0.05, 0.1) is 17.8 Å². The van der Waals surface area contributed by atoms with Gasteiger partial charge < -0.3 is 10.2 Å². The molecule has 2 rings (SSSR count). The Morgan fingerprint density at radius 2 is 1.62 bits per heavy atom. The van der Waals surface area contributed by atoms with Crippen molar-refractivity contribution < 1.29 is 29.6 Å². The molecule has 0 aliphatic rings. The van der Waals surface area contributed by atoms with E-state index in [1.165, 1.54) is 18.2 Å². The molecular formula is C23H26O6. The van der Waals surface area contributed by atoms with Crippen molar-refractivity contribution >= 4 is 18.0 Å². The third kappa shape index (κ3) is 5.76. The van der Waals surface area contributed by atoms with Crippen LogP contribution in [0.1, 0.15) is 54.8 Å². The Kier molecular flexibility index (Phi) is 7.70. The Labute approximate surface area is 170 Å². The molecule has 0 heterocycles. The standard InChI is InChI=1S/C23H26O6/c1-4-19(24)23(2,3)21(26)18-13-9-8-10-16(18)14-15-20(25)28-29-22(27)17-11-6-5-7-12-17/h5-15,19,21,24,26H,4H2,1-3H3/b15-14+. The van der Waals surface area contributed by atoms with E-state index in [2.05, 4.69) is 9.78 Å². The van der Waals surface area contributed by atoms with Gasteiger partial charge in [-0.05, 0) is 35.8 Å². The molecule has 0 amide bonds. The van der Waals surface area contributed by atoms with E-state index < -0.39 is 29.6 Å². The zero-order valence-corrected chi connectivity index (χ0v) is 16.7. The lowest BCUT2D eigenvalue weighted by Gasteiger charge is -2.35. The number of carbonyl (C=O) groups is 2. The topological polar surface area (TPSA) is 93.1 Å². The Bertz CT molecular complexity index is 857. The molecule has 0 saturated carbocycles. The first-order chi connectivity index (χ1) is 13.8. The number of hydrogen-bond donors (Lipinski definition) is 2. The van der Waals surface area contributed by atoms with Crippen molar-refractivity contribution in [2.75, 3.05) is 0 Å². The van der Waals surface area contributed by atoms with Crippen molar-refractivity contribution in [3.63, 3.8) is 0 Å². The van der Waals surface area contributed by atoms with Gasteiger partial charge in [0.1, 0.15) is 0 Å². The summed E-state index contributed by atoms with van der Waals surface area (Å²) in [4.78, 5) is 32.7. The van der Waals surface area contributed by atoms with Gasteiger partial charge in [0.15, 0.2) is 0 Å². The second-order valence-electron chi connectivity index (χ2n) is 7.25. The number of benzene rings is 2. The average molecular weight is 398 g/mol. The maximum atomic E-state index is 11.9. The number of aliphatic hydroxyl groups excluding tert-OH is 2. The number of aliphatic hydroxyl groups is 2. The van der Waals surface area contributed by atoms with Crippen molar-refractivity contribution in [2.24, 2.45) is 5.41 Å². The molecule has 0 aliphatic heterocycles.